The predicted octanol–water partition coefficient (Wildman–Crippen LogP) is 12.6. The molecule has 1 atom stereocenters. The third-order valence-corrected chi connectivity index (χ3v) is 9.77. The molecule has 0 nitrogen and oxygen atoms in total. The van der Waals surface area contributed by atoms with Crippen LogP contribution in [-0.2, 0) is 0 Å². The average Bonchev–Trinajstić information content (AvgIpc) is 3.38. The smallest absolute Gasteiger partial charge is 0.0101 e. The van der Waals surface area contributed by atoms with Crippen molar-refractivity contribution in [3.63, 3.8) is 0 Å². The number of rotatable bonds is 5. The molecule has 7 aromatic carbocycles. The zero-order valence-electron chi connectivity index (χ0n) is 25.3. The highest BCUT2D eigenvalue weighted by atomic mass is 14.3. The average molecular weight is 563 g/mol. The van der Waals surface area contributed by atoms with Gasteiger partial charge in [0.2, 0.25) is 0 Å². The minimum Gasteiger partial charge on any atom is -0.0988 e. The van der Waals surface area contributed by atoms with Gasteiger partial charge in [-0.15, -0.1) is 0 Å². The first-order chi connectivity index (χ1) is 21.7. The van der Waals surface area contributed by atoms with Crippen LogP contribution in [-0.4, -0.2) is 0 Å². The van der Waals surface area contributed by atoms with Crippen molar-refractivity contribution in [1.29, 1.82) is 0 Å². The van der Waals surface area contributed by atoms with E-state index < -0.39 is 0 Å². The molecule has 0 heteroatoms. The summed E-state index contributed by atoms with van der Waals surface area (Å²) in [6, 6.07) is 49.2. The van der Waals surface area contributed by atoms with Gasteiger partial charge in [0, 0.05) is 5.92 Å². The van der Waals surface area contributed by atoms with Gasteiger partial charge < -0.3 is 0 Å². The highest BCUT2D eigenvalue weighted by Gasteiger charge is 2.30. The Labute approximate surface area is 259 Å². The van der Waals surface area contributed by atoms with Crippen LogP contribution in [0, 0.1) is 0 Å². The van der Waals surface area contributed by atoms with Crippen molar-refractivity contribution in [1.82, 2.24) is 0 Å². The molecule has 1 unspecified atom stereocenters. The van der Waals surface area contributed by atoms with E-state index in [1.54, 1.807) is 0 Å². The Morgan fingerprint density at radius 1 is 0.500 bits per heavy atom. The summed E-state index contributed by atoms with van der Waals surface area (Å²) >= 11 is 0. The summed E-state index contributed by atoms with van der Waals surface area (Å²) in [5.41, 5.74) is 13.3. The monoisotopic (exact) mass is 562 g/mol. The molecule has 44 heavy (non-hydrogen) atoms. The molecule has 8 rings (SSSR count). The largest absolute Gasteiger partial charge is 0.0988 e. The fourth-order valence-electron chi connectivity index (χ4n) is 7.87. The van der Waals surface area contributed by atoms with Gasteiger partial charge in [-0.1, -0.05) is 153 Å². The van der Waals surface area contributed by atoms with Crippen molar-refractivity contribution < 1.29 is 0 Å². The first kappa shape index (κ1) is 26.4. The molecule has 0 N–H and O–H groups in total. The van der Waals surface area contributed by atoms with Crippen molar-refractivity contribution in [2.45, 2.75) is 26.2 Å². The van der Waals surface area contributed by atoms with Gasteiger partial charge in [0.05, 0.1) is 0 Å². The molecule has 0 bridgehead atoms. The van der Waals surface area contributed by atoms with Crippen LogP contribution in [0.25, 0.3) is 71.3 Å². The van der Waals surface area contributed by atoms with Crippen LogP contribution >= 0.6 is 0 Å². The van der Waals surface area contributed by atoms with E-state index >= 15 is 0 Å². The second-order valence-corrected chi connectivity index (χ2v) is 11.9. The Morgan fingerprint density at radius 2 is 0.977 bits per heavy atom. The summed E-state index contributed by atoms with van der Waals surface area (Å²) in [6.07, 6.45) is 3.13. The molecule has 0 heterocycles. The molecule has 1 aliphatic rings. The Hall–Kier alpha value is -5.20. The summed E-state index contributed by atoms with van der Waals surface area (Å²) in [5, 5.41) is 7.72. The fourth-order valence-corrected chi connectivity index (χ4v) is 7.87. The zero-order chi connectivity index (χ0) is 29.8. The van der Waals surface area contributed by atoms with Crippen LogP contribution < -0.4 is 0 Å². The van der Waals surface area contributed by atoms with Crippen molar-refractivity contribution >= 4 is 37.9 Å². The molecule has 7 aromatic rings. The number of hydrogen-bond donors (Lipinski definition) is 0. The quantitative estimate of drug-likeness (QED) is 0.183. The first-order valence-electron chi connectivity index (χ1n) is 15.7. The molecule has 0 aromatic heterocycles. The third kappa shape index (κ3) is 3.84. The lowest BCUT2D eigenvalue weighted by molar-refractivity contribution is 0.793. The van der Waals surface area contributed by atoms with E-state index in [0.717, 1.165) is 6.42 Å². The fraction of sp³-hybridized carbons (Fsp3) is 0.0909. The Kier molecular flexibility index (Phi) is 6.31. The van der Waals surface area contributed by atoms with E-state index in [1.165, 1.54) is 88.0 Å². The van der Waals surface area contributed by atoms with E-state index in [0.29, 0.717) is 5.92 Å². The van der Waals surface area contributed by atoms with Crippen LogP contribution in [0.15, 0.2) is 152 Å². The molecule has 0 fully saturated rings. The summed E-state index contributed by atoms with van der Waals surface area (Å²) < 4.78 is 0. The molecule has 0 amide bonds. The van der Waals surface area contributed by atoms with Gasteiger partial charge in [-0.2, -0.15) is 0 Å². The maximum atomic E-state index is 4.21. The predicted molar refractivity (Wildman–Crippen MR) is 191 cm³/mol. The Morgan fingerprint density at radius 3 is 1.55 bits per heavy atom. The van der Waals surface area contributed by atoms with Crippen LogP contribution in [0.3, 0.4) is 0 Å². The van der Waals surface area contributed by atoms with Crippen LogP contribution in [0.5, 0.6) is 0 Å². The normalized spacial score (nSPS) is 14.5. The second kappa shape index (κ2) is 10.5. The lowest BCUT2D eigenvalue weighted by Gasteiger charge is -2.22. The maximum absolute atomic E-state index is 4.21. The molecular weight excluding hydrogens is 528 g/mol. The van der Waals surface area contributed by atoms with Gasteiger partial charge in [0.15, 0.2) is 0 Å². The summed E-state index contributed by atoms with van der Waals surface area (Å²) in [6.45, 7) is 8.78. The second-order valence-electron chi connectivity index (χ2n) is 11.9. The summed E-state index contributed by atoms with van der Waals surface area (Å²) in [7, 11) is 0. The molecular formula is C44H34. The third-order valence-electron chi connectivity index (χ3n) is 9.77. The Balaban J connectivity index is 1.48. The van der Waals surface area contributed by atoms with E-state index in [4.69, 9.17) is 0 Å². The molecule has 0 saturated carbocycles. The molecule has 0 radical (unpaired) electrons. The maximum Gasteiger partial charge on any atom is 0.0101 e. The molecule has 1 aliphatic carbocycles. The van der Waals surface area contributed by atoms with Gasteiger partial charge in [-0.3, -0.25) is 0 Å². The van der Waals surface area contributed by atoms with Crippen LogP contribution in [0.4, 0.5) is 0 Å². The van der Waals surface area contributed by atoms with Gasteiger partial charge in [-0.05, 0) is 101 Å². The topological polar surface area (TPSA) is 0 Å². The van der Waals surface area contributed by atoms with Gasteiger partial charge >= 0.3 is 0 Å². The number of fused-ring (bicyclic) bond motifs is 4. The molecule has 0 spiro atoms. The van der Waals surface area contributed by atoms with Gasteiger partial charge in [0.25, 0.3) is 0 Å². The first-order valence-corrected chi connectivity index (χ1v) is 15.7. The van der Waals surface area contributed by atoms with E-state index in [1.807, 2.05) is 0 Å². The molecule has 0 aliphatic heterocycles. The minimum atomic E-state index is 0.352. The van der Waals surface area contributed by atoms with E-state index in [2.05, 4.69) is 160 Å². The van der Waals surface area contributed by atoms with E-state index in [9.17, 15) is 0 Å². The molecule has 0 saturated heterocycles. The van der Waals surface area contributed by atoms with Crippen LogP contribution in [0.1, 0.15) is 37.3 Å². The molecule has 210 valence electrons. The lowest BCUT2D eigenvalue weighted by Crippen LogP contribution is -2.00. The number of hydrogen-bond acceptors (Lipinski definition) is 0. The zero-order valence-corrected chi connectivity index (χ0v) is 25.3. The van der Waals surface area contributed by atoms with Crippen molar-refractivity contribution in [2.75, 3.05) is 0 Å². The van der Waals surface area contributed by atoms with E-state index in [-0.39, 0.29) is 0 Å². The minimum absolute atomic E-state index is 0.352. The number of allylic oxidation sites excluding steroid dienone is 3. The summed E-state index contributed by atoms with van der Waals surface area (Å²) in [4.78, 5) is 0. The SMILES string of the molecule is C=CC1=C(C)c2cccc(-c3c4ccccc4c(-c4ccc(-c5ccccc5)c5ccccc45)c4ccccc34)c2C1CC. The van der Waals surface area contributed by atoms with Crippen LogP contribution in [0.2, 0.25) is 0 Å². The van der Waals surface area contributed by atoms with Crippen molar-refractivity contribution in [2.24, 2.45) is 0 Å². The Bertz CT molecular complexity index is 2220. The van der Waals surface area contributed by atoms with Gasteiger partial charge in [0.1, 0.15) is 0 Å². The van der Waals surface area contributed by atoms with Crippen molar-refractivity contribution in [3.05, 3.63) is 163 Å². The number of benzene rings is 7. The standard InChI is InChI=1S/C44H34/c1-4-30-28(3)32-24-15-25-41(42(32)31(30)5-2)44-38-22-13-11-20-36(38)43(37-21-12-14-23-39(37)44)40-27-26-33(29-16-7-6-8-17-29)34-18-9-10-19-35(34)40/h4,6-27,31H,1,5H2,2-3H3. The van der Waals surface area contributed by atoms with Gasteiger partial charge in [-0.25, -0.2) is 0 Å². The summed E-state index contributed by atoms with van der Waals surface area (Å²) in [5.74, 6) is 0.352. The highest BCUT2D eigenvalue weighted by molar-refractivity contribution is 6.24. The highest BCUT2D eigenvalue weighted by Crippen LogP contribution is 2.52. The van der Waals surface area contributed by atoms with Crippen molar-refractivity contribution in [3.8, 4) is 33.4 Å². The lowest BCUT2D eigenvalue weighted by atomic mass is 9.80.